The zero-order valence-corrected chi connectivity index (χ0v) is 9.60. The minimum absolute atomic E-state index is 0.203. The van der Waals surface area contributed by atoms with Gasteiger partial charge in [0.05, 0.1) is 0 Å². The minimum Gasteiger partial charge on any atom is -0.454 e. The van der Waals surface area contributed by atoms with Crippen LogP contribution in [0.2, 0.25) is 0 Å². The summed E-state index contributed by atoms with van der Waals surface area (Å²) in [6.07, 6.45) is 1.63. The van der Waals surface area contributed by atoms with Gasteiger partial charge >= 0.3 is 6.03 Å². The van der Waals surface area contributed by atoms with Crippen molar-refractivity contribution in [3.05, 3.63) is 29.5 Å². The first-order chi connectivity index (χ1) is 8.65. The lowest BCUT2D eigenvalue weighted by Crippen LogP contribution is -2.24. The average molecular weight is 246 g/mol. The number of amides is 3. The zero-order chi connectivity index (χ0) is 12.7. The number of likely N-dealkylation sites (N-methyl/N-ethyl adjacent to an activating group) is 1. The highest BCUT2D eigenvalue weighted by Crippen LogP contribution is 2.33. The Kier molecular flexibility index (Phi) is 2.22. The molecule has 0 aliphatic carbocycles. The van der Waals surface area contributed by atoms with Crippen LogP contribution in [0.1, 0.15) is 5.56 Å². The predicted molar refractivity (Wildman–Crippen MR) is 61.8 cm³/mol. The molecule has 1 N–H and O–H groups in total. The highest BCUT2D eigenvalue weighted by molar-refractivity contribution is 6.13. The van der Waals surface area contributed by atoms with Crippen LogP contribution in [0.4, 0.5) is 4.79 Å². The molecule has 2 heterocycles. The highest BCUT2D eigenvalue weighted by atomic mass is 16.7. The van der Waals surface area contributed by atoms with Gasteiger partial charge in [0.15, 0.2) is 11.5 Å². The van der Waals surface area contributed by atoms with Crippen LogP contribution >= 0.6 is 0 Å². The quantitative estimate of drug-likeness (QED) is 0.591. The standard InChI is InChI=1S/C12H10N2O4/c1-14-8(11(15)13-12(14)16)4-7-2-3-9-10(5-7)18-6-17-9/h2-5H,6H2,1H3,(H,13,15,16). The second-order valence-corrected chi connectivity index (χ2v) is 3.96. The number of imide groups is 1. The zero-order valence-electron chi connectivity index (χ0n) is 9.60. The van der Waals surface area contributed by atoms with Gasteiger partial charge in [-0.1, -0.05) is 6.07 Å². The Morgan fingerprint density at radius 3 is 2.78 bits per heavy atom. The molecule has 1 fully saturated rings. The van der Waals surface area contributed by atoms with Crippen LogP contribution in [0.25, 0.3) is 6.08 Å². The SMILES string of the molecule is CN1C(=O)NC(=O)C1=Cc1ccc2c(c1)OCO2. The van der Waals surface area contributed by atoms with E-state index in [2.05, 4.69) is 5.32 Å². The molecule has 0 radical (unpaired) electrons. The van der Waals surface area contributed by atoms with E-state index < -0.39 is 11.9 Å². The molecular weight excluding hydrogens is 236 g/mol. The first-order valence-electron chi connectivity index (χ1n) is 5.35. The maximum absolute atomic E-state index is 11.5. The molecule has 0 unspecified atom stereocenters. The Morgan fingerprint density at radius 2 is 2.06 bits per heavy atom. The lowest BCUT2D eigenvalue weighted by atomic mass is 10.1. The van der Waals surface area contributed by atoms with Crippen molar-refractivity contribution in [3.8, 4) is 11.5 Å². The number of hydrogen-bond acceptors (Lipinski definition) is 4. The largest absolute Gasteiger partial charge is 0.454 e. The monoisotopic (exact) mass is 246 g/mol. The minimum atomic E-state index is -0.424. The van der Waals surface area contributed by atoms with Gasteiger partial charge in [-0.3, -0.25) is 15.0 Å². The van der Waals surface area contributed by atoms with Gasteiger partial charge in [-0.25, -0.2) is 4.79 Å². The topological polar surface area (TPSA) is 67.9 Å². The molecule has 0 saturated carbocycles. The molecule has 6 nitrogen and oxygen atoms in total. The molecule has 1 saturated heterocycles. The molecule has 3 rings (SSSR count). The maximum Gasteiger partial charge on any atom is 0.328 e. The molecule has 2 aliphatic rings. The van der Waals surface area contributed by atoms with E-state index in [1.807, 2.05) is 0 Å². The van der Waals surface area contributed by atoms with Gasteiger partial charge in [0, 0.05) is 7.05 Å². The third-order valence-electron chi connectivity index (χ3n) is 2.82. The molecule has 1 aromatic rings. The molecular formula is C12H10N2O4. The van der Waals surface area contributed by atoms with Crippen molar-refractivity contribution in [1.82, 2.24) is 10.2 Å². The van der Waals surface area contributed by atoms with Gasteiger partial charge in [0.2, 0.25) is 6.79 Å². The number of benzene rings is 1. The molecule has 0 atom stereocenters. The van der Waals surface area contributed by atoms with Crippen molar-refractivity contribution in [3.63, 3.8) is 0 Å². The van der Waals surface area contributed by atoms with Crippen LogP contribution < -0.4 is 14.8 Å². The molecule has 1 aromatic carbocycles. The second-order valence-electron chi connectivity index (χ2n) is 3.96. The summed E-state index contributed by atoms with van der Waals surface area (Å²) < 4.78 is 10.4. The third-order valence-corrected chi connectivity index (χ3v) is 2.82. The van der Waals surface area contributed by atoms with Gasteiger partial charge in [-0.15, -0.1) is 0 Å². The number of fused-ring (bicyclic) bond motifs is 1. The Morgan fingerprint density at radius 1 is 1.28 bits per heavy atom. The van der Waals surface area contributed by atoms with Crippen LogP contribution in [0.3, 0.4) is 0 Å². The van der Waals surface area contributed by atoms with Crippen LogP contribution in [0, 0.1) is 0 Å². The van der Waals surface area contributed by atoms with Crippen LogP contribution in [-0.2, 0) is 4.79 Å². The van der Waals surface area contributed by atoms with Gasteiger partial charge < -0.3 is 9.47 Å². The second kappa shape index (κ2) is 3.76. The molecule has 92 valence electrons. The van der Waals surface area contributed by atoms with Crippen molar-refractivity contribution in [1.29, 1.82) is 0 Å². The molecule has 2 aliphatic heterocycles. The molecule has 0 aromatic heterocycles. The summed E-state index contributed by atoms with van der Waals surface area (Å²) in [4.78, 5) is 24.1. The van der Waals surface area contributed by atoms with Gasteiger partial charge in [-0.05, 0) is 23.8 Å². The van der Waals surface area contributed by atoms with Crippen molar-refractivity contribution >= 4 is 18.0 Å². The number of carbonyl (C=O) groups is 2. The van der Waals surface area contributed by atoms with Crippen molar-refractivity contribution in [2.24, 2.45) is 0 Å². The van der Waals surface area contributed by atoms with Gasteiger partial charge in [0.25, 0.3) is 5.91 Å². The molecule has 18 heavy (non-hydrogen) atoms. The molecule has 0 spiro atoms. The summed E-state index contributed by atoms with van der Waals surface area (Å²) in [7, 11) is 1.54. The van der Waals surface area contributed by atoms with Crippen molar-refractivity contribution in [2.45, 2.75) is 0 Å². The molecule has 3 amide bonds. The Balaban J connectivity index is 1.97. The van der Waals surface area contributed by atoms with Crippen LogP contribution in [0.15, 0.2) is 23.9 Å². The first-order valence-corrected chi connectivity index (χ1v) is 5.35. The van der Waals surface area contributed by atoms with E-state index in [1.54, 1.807) is 31.3 Å². The molecule has 0 bridgehead atoms. The van der Waals surface area contributed by atoms with Gasteiger partial charge in [-0.2, -0.15) is 0 Å². The van der Waals surface area contributed by atoms with E-state index >= 15 is 0 Å². The number of carbonyl (C=O) groups excluding carboxylic acids is 2. The van der Waals surface area contributed by atoms with E-state index in [-0.39, 0.29) is 6.79 Å². The Bertz CT molecular complexity index is 579. The predicted octanol–water partition coefficient (Wildman–Crippen LogP) is 0.938. The summed E-state index contributed by atoms with van der Waals surface area (Å²) in [5, 5.41) is 2.21. The van der Waals surface area contributed by atoms with E-state index in [0.29, 0.717) is 17.2 Å². The van der Waals surface area contributed by atoms with Gasteiger partial charge in [0.1, 0.15) is 5.70 Å². The Labute approximate surface area is 103 Å². The smallest absolute Gasteiger partial charge is 0.328 e. The number of nitrogens with one attached hydrogen (secondary N) is 1. The summed E-state index contributed by atoms with van der Waals surface area (Å²) in [5.74, 6) is 0.911. The number of ether oxygens (including phenoxy) is 2. The lowest BCUT2D eigenvalue weighted by Gasteiger charge is -2.06. The summed E-state index contributed by atoms with van der Waals surface area (Å²) in [6, 6.07) is 4.90. The number of rotatable bonds is 1. The lowest BCUT2D eigenvalue weighted by molar-refractivity contribution is -0.115. The summed E-state index contributed by atoms with van der Waals surface area (Å²) in [6.45, 7) is 0.203. The fourth-order valence-corrected chi connectivity index (χ4v) is 1.83. The van der Waals surface area contributed by atoms with Crippen molar-refractivity contribution < 1.29 is 19.1 Å². The first kappa shape index (κ1) is 10.6. The fraction of sp³-hybridized carbons (Fsp3) is 0.167. The fourth-order valence-electron chi connectivity index (χ4n) is 1.83. The molecule has 6 heteroatoms. The number of hydrogen-bond donors (Lipinski definition) is 1. The summed E-state index contributed by atoms with van der Waals surface area (Å²) >= 11 is 0. The number of nitrogens with zero attached hydrogens (tertiary/aromatic N) is 1. The highest BCUT2D eigenvalue weighted by Gasteiger charge is 2.29. The Hall–Kier alpha value is -2.50. The van der Waals surface area contributed by atoms with Crippen LogP contribution in [-0.4, -0.2) is 30.7 Å². The number of urea groups is 1. The van der Waals surface area contributed by atoms with E-state index in [9.17, 15) is 9.59 Å². The maximum atomic E-state index is 11.5. The average Bonchev–Trinajstić information content (AvgIpc) is 2.89. The van der Waals surface area contributed by atoms with E-state index in [1.165, 1.54) is 4.90 Å². The van der Waals surface area contributed by atoms with Crippen LogP contribution in [0.5, 0.6) is 11.5 Å². The normalized spacial score (nSPS) is 19.6. The van der Waals surface area contributed by atoms with E-state index in [4.69, 9.17) is 9.47 Å². The third kappa shape index (κ3) is 1.58. The van der Waals surface area contributed by atoms with E-state index in [0.717, 1.165) is 5.56 Å². The van der Waals surface area contributed by atoms with Crippen molar-refractivity contribution in [2.75, 3.05) is 13.8 Å². The summed E-state index contributed by atoms with van der Waals surface area (Å²) in [5.41, 5.74) is 1.07.